The molecular formula is C12H8B2F4O3. The largest absolute Gasteiger partial charge is 0.480 e. The molecule has 0 fully saturated rings. The molecule has 3 nitrogen and oxygen atoms in total. The third-order valence-corrected chi connectivity index (χ3v) is 2.75. The van der Waals surface area contributed by atoms with E-state index in [0.29, 0.717) is 0 Å². The highest BCUT2D eigenvalue weighted by Gasteiger charge is 2.31. The quantitative estimate of drug-likeness (QED) is 0.632. The molecule has 0 bridgehead atoms. The van der Waals surface area contributed by atoms with Crippen molar-refractivity contribution in [3.8, 4) is 0 Å². The number of hydrogen-bond donors (Lipinski definition) is 2. The molecule has 0 aromatic heterocycles. The topological polar surface area (TPSA) is 49.7 Å². The van der Waals surface area contributed by atoms with Crippen LogP contribution in [0.15, 0.2) is 36.4 Å². The monoisotopic (exact) mass is 298 g/mol. The number of benzene rings is 2. The van der Waals surface area contributed by atoms with Gasteiger partial charge in [-0.3, -0.25) is 0 Å². The molecule has 0 aliphatic rings. The van der Waals surface area contributed by atoms with E-state index in [1.54, 1.807) is 0 Å². The van der Waals surface area contributed by atoms with Crippen LogP contribution in [-0.2, 0) is 4.57 Å². The van der Waals surface area contributed by atoms with Gasteiger partial charge in [0.1, 0.15) is 0 Å². The predicted octanol–water partition coefficient (Wildman–Crippen LogP) is 0.335. The number of halogens is 4. The van der Waals surface area contributed by atoms with Crippen molar-refractivity contribution in [3.05, 3.63) is 59.7 Å². The van der Waals surface area contributed by atoms with Crippen molar-refractivity contribution in [1.29, 1.82) is 0 Å². The Kier molecular flexibility index (Phi) is 4.66. The summed E-state index contributed by atoms with van der Waals surface area (Å²) >= 11 is 0. The van der Waals surface area contributed by atoms with Crippen molar-refractivity contribution in [2.75, 3.05) is 0 Å². The van der Waals surface area contributed by atoms with E-state index in [2.05, 4.69) is 4.57 Å². The highest BCUT2D eigenvalue weighted by atomic mass is 19.2. The van der Waals surface area contributed by atoms with Crippen LogP contribution in [0.2, 0.25) is 0 Å². The van der Waals surface area contributed by atoms with Gasteiger partial charge < -0.3 is 14.6 Å². The predicted molar refractivity (Wildman–Crippen MR) is 69.0 cm³/mol. The summed E-state index contributed by atoms with van der Waals surface area (Å²) in [5.41, 5.74) is -1.16. The highest BCUT2D eigenvalue weighted by Crippen LogP contribution is 2.05. The van der Waals surface area contributed by atoms with Crippen LogP contribution >= 0.6 is 0 Å². The first-order valence-electron chi connectivity index (χ1n) is 5.81. The minimum Gasteiger partial charge on any atom is -0.443 e. The molecule has 0 amide bonds. The fourth-order valence-corrected chi connectivity index (χ4v) is 1.69. The van der Waals surface area contributed by atoms with Crippen LogP contribution < -0.4 is 10.9 Å². The van der Waals surface area contributed by atoms with Gasteiger partial charge in [-0.1, -0.05) is 24.3 Å². The minimum atomic E-state index is -2.06. The van der Waals surface area contributed by atoms with Gasteiger partial charge in [-0.15, -0.1) is 0 Å². The molecule has 0 saturated carbocycles. The molecule has 0 radical (unpaired) electrons. The van der Waals surface area contributed by atoms with Crippen LogP contribution in [0.3, 0.4) is 0 Å². The Morgan fingerprint density at radius 3 is 1.48 bits per heavy atom. The molecule has 108 valence electrons. The molecule has 2 aromatic rings. The lowest BCUT2D eigenvalue weighted by atomic mass is 9.71. The molecule has 2 aromatic carbocycles. The zero-order valence-electron chi connectivity index (χ0n) is 10.4. The molecule has 21 heavy (non-hydrogen) atoms. The highest BCUT2D eigenvalue weighted by molar-refractivity contribution is 6.73. The van der Waals surface area contributed by atoms with E-state index in [1.165, 1.54) is 0 Å². The van der Waals surface area contributed by atoms with E-state index in [-0.39, 0.29) is 0 Å². The SMILES string of the molecule is OB(OB(O)c1cccc(F)c1F)c1cccc(F)c1F. The van der Waals surface area contributed by atoms with Gasteiger partial charge in [-0.25, -0.2) is 17.6 Å². The van der Waals surface area contributed by atoms with Crippen LogP contribution in [0.5, 0.6) is 0 Å². The standard InChI is InChI=1S/C12H8B2F4O3/c15-9-5-1-3-7(11(9)17)13(19)21-14(20)8-4-2-6-10(16)12(8)18/h1-6,19-20H. The lowest BCUT2D eigenvalue weighted by Gasteiger charge is -2.13. The van der Waals surface area contributed by atoms with Crippen LogP contribution in [0.25, 0.3) is 0 Å². The average Bonchev–Trinajstić information content (AvgIpc) is 2.44. The molecule has 0 heterocycles. The maximum absolute atomic E-state index is 13.4. The smallest absolute Gasteiger partial charge is 0.443 e. The number of rotatable bonds is 4. The summed E-state index contributed by atoms with van der Waals surface area (Å²) in [5, 5.41) is 19.2. The summed E-state index contributed by atoms with van der Waals surface area (Å²) < 4.78 is 57.4. The molecule has 0 atom stereocenters. The van der Waals surface area contributed by atoms with Crippen molar-refractivity contribution in [2.24, 2.45) is 0 Å². The number of hydrogen-bond acceptors (Lipinski definition) is 3. The first kappa shape index (κ1) is 15.6. The van der Waals surface area contributed by atoms with Gasteiger partial charge >= 0.3 is 14.2 Å². The Hall–Kier alpha value is -1.83. The molecule has 9 heteroatoms. The Balaban J connectivity index is 2.21. The molecule has 0 spiro atoms. The van der Waals surface area contributed by atoms with Gasteiger partial charge in [0, 0.05) is 10.9 Å². The molecule has 0 saturated heterocycles. The first-order chi connectivity index (χ1) is 9.91. The lowest BCUT2D eigenvalue weighted by molar-refractivity contribution is 0.374. The Morgan fingerprint density at radius 1 is 0.714 bits per heavy atom. The maximum atomic E-state index is 13.4. The summed E-state index contributed by atoms with van der Waals surface area (Å²) in [6.07, 6.45) is 0. The van der Waals surface area contributed by atoms with E-state index in [9.17, 15) is 27.6 Å². The Bertz CT molecular complexity index is 601. The zero-order valence-corrected chi connectivity index (χ0v) is 10.4. The molecular weight excluding hydrogens is 290 g/mol. The second-order valence-electron chi connectivity index (χ2n) is 4.13. The van der Waals surface area contributed by atoms with Crippen LogP contribution in [0.4, 0.5) is 17.6 Å². The van der Waals surface area contributed by atoms with Gasteiger partial charge in [0.15, 0.2) is 23.3 Å². The molecule has 2 N–H and O–H groups in total. The normalized spacial score (nSPS) is 10.6. The zero-order chi connectivity index (χ0) is 15.6. The molecule has 0 unspecified atom stereocenters. The van der Waals surface area contributed by atoms with E-state index in [4.69, 9.17) is 0 Å². The lowest BCUT2D eigenvalue weighted by Crippen LogP contribution is -2.47. The van der Waals surface area contributed by atoms with Crippen molar-refractivity contribution in [1.82, 2.24) is 0 Å². The summed E-state index contributed by atoms with van der Waals surface area (Å²) in [7, 11) is -4.11. The Labute approximate surface area is 118 Å². The van der Waals surface area contributed by atoms with Crippen LogP contribution in [0, 0.1) is 23.3 Å². The summed E-state index contributed by atoms with van der Waals surface area (Å²) in [6, 6.07) is 5.95. The van der Waals surface area contributed by atoms with Crippen molar-refractivity contribution in [3.63, 3.8) is 0 Å². The van der Waals surface area contributed by atoms with E-state index < -0.39 is 48.4 Å². The maximum Gasteiger partial charge on any atom is 0.480 e. The van der Waals surface area contributed by atoms with Crippen molar-refractivity contribution < 1.29 is 32.2 Å². The van der Waals surface area contributed by atoms with Crippen LogP contribution in [-0.4, -0.2) is 24.3 Å². The fourth-order valence-electron chi connectivity index (χ4n) is 1.69. The van der Waals surface area contributed by atoms with Gasteiger partial charge in [-0.05, 0) is 12.1 Å². The second-order valence-corrected chi connectivity index (χ2v) is 4.13. The van der Waals surface area contributed by atoms with E-state index in [1.807, 2.05) is 0 Å². The summed E-state index contributed by atoms with van der Waals surface area (Å²) in [4.78, 5) is 0. The van der Waals surface area contributed by atoms with Crippen molar-refractivity contribution in [2.45, 2.75) is 0 Å². The third kappa shape index (κ3) is 3.26. The molecule has 0 aliphatic heterocycles. The average molecular weight is 298 g/mol. The van der Waals surface area contributed by atoms with Gasteiger partial charge in [-0.2, -0.15) is 0 Å². The van der Waals surface area contributed by atoms with E-state index in [0.717, 1.165) is 36.4 Å². The third-order valence-electron chi connectivity index (χ3n) is 2.75. The summed E-state index contributed by atoms with van der Waals surface area (Å²) in [6.45, 7) is 0. The molecule has 2 rings (SSSR count). The van der Waals surface area contributed by atoms with E-state index >= 15 is 0 Å². The first-order valence-corrected chi connectivity index (χ1v) is 5.81. The van der Waals surface area contributed by atoms with Crippen LogP contribution in [0.1, 0.15) is 0 Å². The van der Waals surface area contributed by atoms with Gasteiger partial charge in [0.2, 0.25) is 0 Å². The second kappa shape index (κ2) is 6.30. The van der Waals surface area contributed by atoms with Crippen molar-refractivity contribution >= 4 is 25.2 Å². The summed E-state index contributed by atoms with van der Waals surface area (Å²) in [5.74, 6) is -5.17. The fraction of sp³-hybridized carbons (Fsp3) is 0. The minimum absolute atomic E-state index is 0.578. The Morgan fingerprint density at radius 2 is 1.10 bits per heavy atom. The molecule has 0 aliphatic carbocycles. The van der Waals surface area contributed by atoms with Gasteiger partial charge in [0.25, 0.3) is 0 Å². The van der Waals surface area contributed by atoms with Gasteiger partial charge in [0.05, 0.1) is 0 Å².